The Kier molecular flexibility index (Phi) is 2.40. The molecule has 0 amide bonds. The van der Waals surface area contributed by atoms with E-state index in [-0.39, 0.29) is 6.42 Å². The van der Waals surface area contributed by atoms with Gasteiger partial charge in [0.1, 0.15) is 0 Å². The molecule has 4 heteroatoms. The highest BCUT2D eigenvalue weighted by Gasteiger charge is 2.25. The molecule has 0 saturated heterocycles. The fourth-order valence-corrected chi connectivity index (χ4v) is 1.45. The zero-order valence-electron chi connectivity index (χ0n) is 8.11. The van der Waals surface area contributed by atoms with Crippen LogP contribution >= 0.6 is 0 Å². The Morgan fingerprint density at radius 1 is 1.69 bits per heavy atom. The molecule has 0 fully saturated rings. The van der Waals surface area contributed by atoms with E-state index in [1.54, 1.807) is 10.9 Å². The van der Waals surface area contributed by atoms with Crippen LogP contribution in [-0.2, 0) is 10.3 Å². The van der Waals surface area contributed by atoms with Gasteiger partial charge >= 0.3 is 5.97 Å². The molecule has 0 aliphatic rings. The minimum absolute atomic E-state index is 0.0789. The van der Waals surface area contributed by atoms with Gasteiger partial charge < -0.3 is 5.11 Å². The summed E-state index contributed by atoms with van der Waals surface area (Å²) in [6, 6.07) is 1.86. The zero-order chi connectivity index (χ0) is 10.1. The highest BCUT2D eigenvalue weighted by atomic mass is 16.4. The number of hydrogen-bond acceptors (Lipinski definition) is 2. The lowest BCUT2D eigenvalue weighted by molar-refractivity contribution is -0.139. The summed E-state index contributed by atoms with van der Waals surface area (Å²) in [5, 5.41) is 12.8. The number of carbonyl (C=O) groups is 1. The van der Waals surface area contributed by atoms with Crippen LogP contribution in [0.4, 0.5) is 0 Å². The predicted octanol–water partition coefficient (Wildman–Crippen LogP) is 1.40. The van der Waals surface area contributed by atoms with Gasteiger partial charge in [-0.25, -0.2) is 0 Å². The third-order valence-electron chi connectivity index (χ3n) is 1.99. The lowest BCUT2D eigenvalue weighted by Gasteiger charge is -2.24. The molecule has 72 valence electrons. The van der Waals surface area contributed by atoms with Crippen molar-refractivity contribution in [2.24, 2.45) is 0 Å². The maximum atomic E-state index is 10.6. The predicted molar refractivity (Wildman–Crippen MR) is 48.5 cm³/mol. The number of carboxylic acid groups (broad SMARTS) is 1. The Morgan fingerprint density at radius 3 is 2.69 bits per heavy atom. The summed E-state index contributed by atoms with van der Waals surface area (Å²) >= 11 is 0. The maximum absolute atomic E-state index is 10.6. The van der Waals surface area contributed by atoms with Crippen LogP contribution in [0.3, 0.4) is 0 Å². The highest BCUT2D eigenvalue weighted by molar-refractivity contribution is 5.67. The largest absolute Gasteiger partial charge is 0.481 e. The van der Waals surface area contributed by atoms with Gasteiger partial charge in [-0.3, -0.25) is 9.48 Å². The monoisotopic (exact) mass is 182 g/mol. The molecule has 0 unspecified atom stereocenters. The Hall–Kier alpha value is -1.32. The van der Waals surface area contributed by atoms with E-state index in [0.29, 0.717) is 0 Å². The molecule has 0 radical (unpaired) electrons. The van der Waals surface area contributed by atoms with Crippen LogP contribution in [0.25, 0.3) is 0 Å². The van der Waals surface area contributed by atoms with E-state index >= 15 is 0 Å². The van der Waals surface area contributed by atoms with E-state index in [1.807, 2.05) is 26.8 Å². The van der Waals surface area contributed by atoms with E-state index in [1.165, 1.54) is 0 Å². The summed E-state index contributed by atoms with van der Waals surface area (Å²) in [5.74, 6) is -0.806. The number of aromatic nitrogens is 2. The van der Waals surface area contributed by atoms with Crippen LogP contribution in [0.5, 0.6) is 0 Å². The molecule has 13 heavy (non-hydrogen) atoms. The van der Waals surface area contributed by atoms with Crippen molar-refractivity contribution in [3.05, 3.63) is 18.0 Å². The molecule has 1 N–H and O–H groups in total. The summed E-state index contributed by atoms with van der Waals surface area (Å²) in [6.45, 7) is 5.64. The van der Waals surface area contributed by atoms with Crippen molar-refractivity contribution in [3.63, 3.8) is 0 Å². The summed E-state index contributed by atoms with van der Waals surface area (Å²) in [6.07, 6.45) is 1.76. The van der Waals surface area contributed by atoms with Crippen molar-refractivity contribution in [1.29, 1.82) is 0 Å². The van der Waals surface area contributed by atoms with Gasteiger partial charge in [-0.1, -0.05) is 0 Å². The quantitative estimate of drug-likeness (QED) is 0.768. The number of carboxylic acids is 1. The smallest absolute Gasteiger partial charge is 0.305 e. The standard InChI is InChI=1S/C9H14N2O2/c1-7-4-5-10-11(7)9(2,3)6-8(12)13/h4-5H,6H2,1-3H3,(H,12,13). The van der Waals surface area contributed by atoms with Crippen LogP contribution in [0.1, 0.15) is 26.0 Å². The fourth-order valence-electron chi connectivity index (χ4n) is 1.45. The Bertz CT molecular complexity index is 315. The van der Waals surface area contributed by atoms with Gasteiger partial charge in [-0.15, -0.1) is 0 Å². The molecule has 0 saturated carbocycles. The molecule has 1 heterocycles. The first-order valence-corrected chi connectivity index (χ1v) is 4.16. The summed E-state index contributed by atoms with van der Waals surface area (Å²) in [4.78, 5) is 10.6. The van der Waals surface area contributed by atoms with Crippen LogP contribution in [-0.4, -0.2) is 20.9 Å². The third kappa shape index (κ3) is 2.08. The molecule has 0 spiro atoms. The van der Waals surface area contributed by atoms with E-state index in [9.17, 15) is 4.79 Å². The normalized spacial score (nSPS) is 11.6. The fraction of sp³-hybridized carbons (Fsp3) is 0.556. The average Bonchev–Trinajstić information content (AvgIpc) is 2.32. The number of rotatable bonds is 3. The van der Waals surface area contributed by atoms with E-state index in [0.717, 1.165) is 5.69 Å². The van der Waals surface area contributed by atoms with Crippen molar-refractivity contribution < 1.29 is 9.90 Å². The number of aliphatic carboxylic acids is 1. The van der Waals surface area contributed by atoms with E-state index in [2.05, 4.69) is 5.10 Å². The zero-order valence-corrected chi connectivity index (χ0v) is 8.11. The van der Waals surface area contributed by atoms with Gasteiger partial charge in [0.25, 0.3) is 0 Å². The third-order valence-corrected chi connectivity index (χ3v) is 1.99. The van der Waals surface area contributed by atoms with E-state index < -0.39 is 11.5 Å². The molecular formula is C9H14N2O2. The highest BCUT2D eigenvalue weighted by Crippen LogP contribution is 2.20. The molecule has 0 bridgehead atoms. The lowest BCUT2D eigenvalue weighted by atomic mass is 10.0. The molecule has 1 aromatic rings. The van der Waals surface area contributed by atoms with Gasteiger partial charge in [0, 0.05) is 11.9 Å². The average molecular weight is 182 g/mol. The Morgan fingerprint density at radius 2 is 2.31 bits per heavy atom. The van der Waals surface area contributed by atoms with Crippen molar-refractivity contribution in [3.8, 4) is 0 Å². The Balaban J connectivity index is 2.93. The lowest BCUT2D eigenvalue weighted by Crippen LogP contribution is -2.31. The van der Waals surface area contributed by atoms with Gasteiger partial charge in [0.15, 0.2) is 0 Å². The van der Waals surface area contributed by atoms with Crippen LogP contribution in [0.2, 0.25) is 0 Å². The summed E-state index contributed by atoms with van der Waals surface area (Å²) in [7, 11) is 0. The minimum atomic E-state index is -0.806. The summed E-state index contributed by atoms with van der Waals surface area (Å²) in [5.41, 5.74) is 0.519. The molecular weight excluding hydrogens is 168 g/mol. The number of aryl methyl sites for hydroxylation is 1. The van der Waals surface area contributed by atoms with Crippen molar-refractivity contribution >= 4 is 5.97 Å². The first-order valence-electron chi connectivity index (χ1n) is 4.16. The van der Waals surface area contributed by atoms with Gasteiger partial charge in [-0.05, 0) is 26.8 Å². The second-order valence-corrected chi connectivity index (χ2v) is 3.77. The topological polar surface area (TPSA) is 55.1 Å². The molecule has 1 aromatic heterocycles. The maximum Gasteiger partial charge on any atom is 0.305 e. The molecule has 0 aromatic carbocycles. The van der Waals surface area contributed by atoms with Crippen LogP contribution in [0, 0.1) is 6.92 Å². The molecule has 0 atom stereocenters. The molecule has 0 aliphatic heterocycles. The van der Waals surface area contributed by atoms with Crippen molar-refractivity contribution in [2.75, 3.05) is 0 Å². The van der Waals surface area contributed by atoms with Gasteiger partial charge in [0.2, 0.25) is 0 Å². The van der Waals surface area contributed by atoms with Crippen molar-refractivity contribution in [1.82, 2.24) is 9.78 Å². The van der Waals surface area contributed by atoms with Crippen LogP contribution in [0.15, 0.2) is 12.3 Å². The molecule has 0 aliphatic carbocycles. The first-order chi connectivity index (χ1) is 5.93. The SMILES string of the molecule is Cc1ccnn1C(C)(C)CC(=O)O. The second kappa shape index (κ2) is 3.20. The Labute approximate surface area is 77.2 Å². The van der Waals surface area contributed by atoms with Gasteiger partial charge in [-0.2, -0.15) is 5.10 Å². The molecule has 1 rings (SSSR count). The number of nitrogens with zero attached hydrogens (tertiary/aromatic N) is 2. The molecule has 4 nitrogen and oxygen atoms in total. The second-order valence-electron chi connectivity index (χ2n) is 3.77. The summed E-state index contributed by atoms with van der Waals surface area (Å²) < 4.78 is 1.74. The van der Waals surface area contributed by atoms with Crippen LogP contribution < -0.4 is 0 Å². The number of hydrogen-bond donors (Lipinski definition) is 1. The van der Waals surface area contributed by atoms with Crippen molar-refractivity contribution in [2.45, 2.75) is 32.7 Å². The first kappa shape index (κ1) is 9.77. The van der Waals surface area contributed by atoms with E-state index in [4.69, 9.17) is 5.11 Å². The minimum Gasteiger partial charge on any atom is -0.481 e. The van der Waals surface area contributed by atoms with Gasteiger partial charge in [0.05, 0.1) is 12.0 Å².